The molecule has 0 bridgehead atoms. The summed E-state index contributed by atoms with van der Waals surface area (Å²) < 4.78 is 26.2. The van der Waals surface area contributed by atoms with Crippen molar-refractivity contribution in [2.45, 2.75) is 19.3 Å². The minimum atomic E-state index is -0.905. The molecule has 1 amide bonds. The zero-order valence-electron chi connectivity index (χ0n) is 12.7. The van der Waals surface area contributed by atoms with Crippen LogP contribution in [0.4, 0.5) is 8.78 Å². The van der Waals surface area contributed by atoms with E-state index in [1.165, 1.54) is 11.0 Å². The van der Waals surface area contributed by atoms with Gasteiger partial charge in [-0.1, -0.05) is 13.0 Å². The fourth-order valence-corrected chi connectivity index (χ4v) is 2.66. The van der Waals surface area contributed by atoms with Crippen molar-refractivity contribution in [3.05, 3.63) is 35.4 Å². The lowest BCUT2D eigenvalue weighted by Gasteiger charge is -2.30. The third-order valence-electron chi connectivity index (χ3n) is 4.24. The molecule has 1 aromatic carbocycles. The molecule has 2 N–H and O–H groups in total. The smallest absolute Gasteiger partial charge is 0.226 e. The first-order chi connectivity index (χ1) is 10.3. The molecule has 2 unspecified atom stereocenters. The topological polar surface area (TPSA) is 60.8 Å². The molecule has 0 aromatic heterocycles. The van der Waals surface area contributed by atoms with Crippen LogP contribution in [0.2, 0.25) is 0 Å². The van der Waals surface area contributed by atoms with Crippen molar-refractivity contribution < 1.29 is 23.8 Å². The maximum Gasteiger partial charge on any atom is 0.226 e. The predicted octanol–water partition coefficient (Wildman–Crippen LogP) is 1.52. The quantitative estimate of drug-likeness (QED) is 0.837. The summed E-state index contributed by atoms with van der Waals surface area (Å²) in [6, 6.07) is 3.71. The van der Waals surface area contributed by atoms with Crippen molar-refractivity contribution in [3.8, 4) is 0 Å². The Hall–Kier alpha value is -1.53. The molecule has 1 aliphatic carbocycles. The maximum absolute atomic E-state index is 13.2. The molecule has 2 atom stereocenters. The van der Waals surface area contributed by atoms with Crippen LogP contribution in [0.25, 0.3) is 0 Å². The first-order valence-corrected chi connectivity index (χ1v) is 7.23. The Labute approximate surface area is 128 Å². The number of benzene rings is 1. The lowest BCUT2D eigenvalue weighted by molar-refractivity contribution is -0.133. The molecule has 1 fully saturated rings. The Morgan fingerprint density at radius 2 is 1.95 bits per heavy atom. The molecular formula is C16H21F2NO3. The molecule has 0 aliphatic heterocycles. The fourth-order valence-electron chi connectivity index (χ4n) is 2.66. The molecule has 1 aliphatic rings. The highest BCUT2D eigenvalue weighted by Crippen LogP contribution is 2.48. The number of rotatable bonds is 6. The van der Waals surface area contributed by atoms with Crippen molar-refractivity contribution in [1.29, 1.82) is 0 Å². The average molecular weight is 313 g/mol. The molecule has 0 heterocycles. The van der Waals surface area contributed by atoms with E-state index in [-0.39, 0.29) is 37.5 Å². The largest absolute Gasteiger partial charge is 0.396 e. The normalized spacial score (nSPS) is 20.8. The van der Waals surface area contributed by atoms with Crippen LogP contribution in [0.3, 0.4) is 0 Å². The van der Waals surface area contributed by atoms with Crippen molar-refractivity contribution in [2.24, 2.45) is 11.3 Å². The Balaban J connectivity index is 1.99. The van der Waals surface area contributed by atoms with Crippen LogP contribution in [0.5, 0.6) is 0 Å². The monoisotopic (exact) mass is 313 g/mol. The van der Waals surface area contributed by atoms with Crippen molar-refractivity contribution in [1.82, 2.24) is 4.90 Å². The zero-order chi connectivity index (χ0) is 16.5. The summed E-state index contributed by atoms with van der Waals surface area (Å²) in [6.07, 6.45) is 0.600. The van der Waals surface area contributed by atoms with Crippen LogP contribution in [0, 0.1) is 23.0 Å². The number of hydrogen-bond acceptors (Lipinski definition) is 3. The first-order valence-electron chi connectivity index (χ1n) is 7.23. The Morgan fingerprint density at radius 3 is 2.50 bits per heavy atom. The molecule has 22 heavy (non-hydrogen) atoms. The van der Waals surface area contributed by atoms with Gasteiger partial charge in [0.1, 0.15) is 0 Å². The maximum atomic E-state index is 13.2. The summed E-state index contributed by atoms with van der Waals surface area (Å²) >= 11 is 0. The van der Waals surface area contributed by atoms with Gasteiger partial charge in [-0.2, -0.15) is 0 Å². The van der Waals surface area contributed by atoms with Gasteiger partial charge in [0.25, 0.3) is 0 Å². The molecule has 1 saturated carbocycles. The number of halogens is 2. The van der Waals surface area contributed by atoms with Gasteiger partial charge in [-0.15, -0.1) is 0 Å². The van der Waals surface area contributed by atoms with Gasteiger partial charge in [-0.3, -0.25) is 4.79 Å². The molecule has 6 heteroatoms. The highest BCUT2D eigenvalue weighted by molar-refractivity contribution is 5.82. The van der Waals surface area contributed by atoms with Gasteiger partial charge in [0.15, 0.2) is 11.6 Å². The van der Waals surface area contributed by atoms with Crippen LogP contribution < -0.4 is 0 Å². The van der Waals surface area contributed by atoms with E-state index in [1.807, 2.05) is 0 Å². The summed E-state index contributed by atoms with van der Waals surface area (Å²) in [7, 11) is 1.62. The standard InChI is InChI=1S/C16H21F2NO3/c1-16(8-20,9-21)7-19(2)15(22)12-6-11(12)10-3-4-13(17)14(18)5-10/h3-5,11-12,20-21H,6-9H2,1-2H3. The van der Waals surface area contributed by atoms with Crippen LogP contribution in [0.1, 0.15) is 24.8 Å². The van der Waals surface area contributed by atoms with Crippen LogP contribution in [0.15, 0.2) is 18.2 Å². The highest BCUT2D eigenvalue weighted by atomic mass is 19.2. The molecule has 0 saturated heterocycles. The van der Waals surface area contributed by atoms with E-state index in [0.717, 1.165) is 12.1 Å². The molecule has 4 nitrogen and oxygen atoms in total. The Bertz CT molecular complexity index is 560. The van der Waals surface area contributed by atoms with Gasteiger partial charge in [-0.25, -0.2) is 8.78 Å². The highest BCUT2D eigenvalue weighted by Gasteiger charge is 2.46. The number of hydrogen-bond donors (Lipinski definition) is 2. The number of nitrogens with zero attached hydrogens (tertiary/aromatic N) is 1. The van der Waals surface area contributed by atoms with E-state index >= 15 is 0 Å². The molecular weight excluding hydrogens is 292 g/mol. The van der Waals surface area contributed by atoms with E-state index in [9.17, 15) is 23.8 Å². The van der Waals surface area contributed by atoms with Gasteiger partial charge in [0.05, 0.1) is 13.2 Å². The first kappa shape index (κ1) is 16.8. The predicted molar refractivity (Wildman–Crippen MR) is 77.1 cm³/mol. The van der Waals surface area contributed by atoms with E-state index in [0.29, 0.717) is 12.0 Å². The Morgan fingerprint density at radius 1 is 1.32 bits per heavy atom. The summed E-state index contributed by atoms with van der Waals surface area (Å²) in [4.78, 5) is 13.8. The second-order valence-corrected chi connectivity index (χ2v) is 6.44. The summed E-state index contributed by atoms with van der Waals surface area (Å²) in [5.74, 6) is -2.26. The molecule has 122 valence electrons. The fraction of sp³-hybridized carbons (Fsp3) is 0.562. The molecule has 1 aromatic rings. The summed E-state index contributed by atoms with van der Waals surface area (Å²) in [5.41, 5.74) is -0.130. The molecule has 0 spiro atoms. The van der Waals surface area contributed by atoms with Gasteiger partial charge in [0.2, 0.25) is 5.91 Å². The molecule has 0 radical (unpaired) electrons. The van der Waals surface area contributed by atoms with E-state index in [4.69, 9.17) is 0 Å². The minimum absolute atomic E-state index is 0.0976. The lowest BCUT2D eigenvalue weighted by atomic mass is 9.92. The van der Waals surface area contributed by atoms with Crippen molar-refractivity contribution >= 4 is 5.91 Å². The summed E-state index contributed by atoms with van der Waals surface area (Å²) in [5, 5.41) is 18.6. The van der Waals surface area contributed by atoms with E-state index < -0.39 is 17.0 Å². The van der Waals surface area contributed by atoms with Crippen molar-refractivity contribution in [3.63, 3.8) is 0 Å². The van der Waals surface area contributed by atoms with Gasteiger partial charge in [0, 0.05) is 24.9 Å². The zero-order valence-corrected chi connectivity index (χ0v) is 12.7. The number of carbonyl (C=O) groups is 1. The number of amides is 1. The number of aliphatic hydroxyl groups is 2. The number of aliphatic hydroxyl groups excluding tert-OH is 2. The Kier molecular flexibility index (Phi) is 4.82. The second kappa shape index (κ2) is 6.30. The number of carbonyl (C=O) groups excluding carboxylic acids is 1. The minimum Gasteiger partial charge on any atom is -0.396 e. The molecule has 2 rings (SSSR count). The van der Waals surface area contributed by atoms with Crippen LogP contribution in [-0.2, 0) is 4.79 Å². The van der Waals surface area contributed by atoms with Gasteiger partial charge < -0.3 is 15.1 Å². The second-order valence-electron chi connectivity index (χ2n) is 6.44. The van der Waals surface area contributed by atoms with Gasteiger partial charge >= 0.3 is 0 Å². The van der Waals surface area contributed by atoms with E-state index in [2.05, 4.69) is 0 Å². The van der Waals surface area contributed by atoms with Crippen molar-refractivity contribution in [2.75, 3.05) is 26.8 Å². The van der Waals surface area contributed by atoms with E-state index in [1.54, 1.807) is 14.0 Å². The van der Waals surface area contributed by atoms with Crippen LogP contribution in [-0.4, -0.2) is 47.8 Å². The third kappa shape index (κ3) is 3.44. The lowest BCUT2D eigenvalue weighted by Crippen LogP contribution is -2.42. The third-order valence-corrected chi connectivity index (χ3v) is 4.24. The van der Waals surface area contributed by atoms with Crippen LogP contribution >= 0.6 is 0 Å². The van der Waals surface area contributed by atoms with Gasteiger partial charge in [-0.05, 0) is 30.0 Å². The SMILES string of the molecule is CN(CC(C)(CO)CO)C(=O)C1CC1c1ccc(F)c(F)c1. The summed E-state index contributed by atoms with van der Waals surface area (Å²) in [6.45, 7) is 1.48. The average Bonchev–Trinajstić information content (AvgIpc) is 3.29.